The summed E-state index contributed by atoms with van der Waals surface area (Å²) in [5, 5.41) is 8.51. The maximum absolute atomic E-state index is 12.4. The molecule has 0 aromatic heterocycles. The molecule has 0 saturated carbocycles. The Morgan fingerprint density at radius 3 is 1.60 bits per heavy atom. The lowest BCUT2D eigenvalue weighted by Gasteiger charge is -2.09. The van der Waals surface area contributed by atoms with Crippen molar-refractivity contribution in [2.45, 2.75) is 19.3 Å². The van der Waals surface area contributed by atoms with Gasteiger partial charge >= 0.3 is 24.3 Å². The Kier molecular flexibility index (Phi) is 8.90. The van der Waals surface area contributed by atoms with Crippen LogP contribution in [0.2, 0.25) is 0 Å². The molecule has 0 amide bonds. The van der Waals surface area contributed by atoms with Crippen LogP contribution in [-0.2, 0) is 17.1 Å². The Hall–Kier alpha value is -2.08. The van der Waals surface area contributed by atoms with Gasteiger partial charge in [-0.25, -0.2) is 9.59 Å². The summed E-state index contributed by atoms with van der Waals surface area (Å²) in [5.41, 5.74) is -2.38. The van der Waals surface area contributed by atoms with E-state index in [0.29, 0.717) is 6.07 Å². The monoisotopic (exact) mass is 564 g/mol. The van der Waals surface area contributed by atoms with Crippen LogP contribution in [0.25, 0.3) is 0 Å². The summed E-state index contributed by atoms with van der Waals surface area (Å²) in [6, 6.07) is 5.48. The highest BCUT2D eigenvalue weighted by atomic mass is 79.9. The largest absolute Gasteiger partial charge is 0.478 e. The number of aromatic carboxylic acids is 1. The van der Waals surface area contributed by atoms with E-state index in [1.807, 2.05) is 0 Å². The molecule has 0 aliphatic carbocycles. The molecule has 30 heavy (non-hydrogen) atoms. The predicted octanol–water partition coefficient (Wildman–Crippen LogP) is 6.81. The van der Waals surface area contributed by atoms with Crippen molar-refractivity contribution < 1.29 is 45.8 Å². The van der Waals surface area contributed by atoms with Crippen LogP contribution in [0.5, 0.6) is 0 Å². The number of carboxylic acid groups (broad SMARTS) is 1. The fraction of sp³-hybridized carbons (Fsp3) is 0.222. The van der Waals surface area contributed by atoms with Gasteiger partial charge in [0.05, 0.1) is 28.9 Å². The van der Waals surface area contributed by atoms with E-state index in [9.17, 15) is 35.9 Å². The Labute approximate surface area is 183 Å². The summed E-state index contributed by atoms with van der Waals surface area (Å²) in [6.07, 6.45) is -9.01. The van der Waals surface area contributed by atoms with E-state index in [2.05, 4.69) is 36.6 Å². The highest BCUT2D eigenvalue weighted by molar-refractivity contribution is 9.10. The number of carbonyl (C=O) groups is 2. The van der Waals surface area contributed by atoms with E-state index in [1.165, 1.54) is 6.07 Å². The maximum Gasteiger partial charge on any atom is 0.416 e. The normalized spacial score (nSPS) is 11.4. The fourth-order valence-electron chi connectivity index (χ4n) is 1.96. The maximum atomic E-state index is 12.4. The molecule has 2 rings (SSSR count). The van der Waals surface area contributed by atoms with Gasteiger partial charge in [-0.1, -0.05) is 31.9 Å². The molecular weight excluding hydrogens is 554 g/mol. The first-order chi connectivity index (χ1) is 13.6. The van der Waals surface area contributed by atoms with Crippen molar-refractivity contribution in [2.75, 3.05) is 6.61 Å². The molecule has 1 N–H and O–H groups in total. The Balaban J connectivity index is 0.000000303. The van der Waals surface area contributed by atoms with Crippen LogP contribution >= 0.6 is 31.9 Å². The van der Waals surface area contributed by atoms with Crippen molar-refractivity contribution >= 4 is 43.8 Å². The van der Waals surface area contributed by atoms with Gasteiger partial charge in [0.25, 0.3) is 0 Å². The van der Waals surface area contributed by atoms with Crippen LogP contribution in [0, 0.1) is 0 Å². The highest BCUT2D eigenvalue weighted by Crippen LogP contribution is 2.33. The van der Waals surface area contributed by atoms with Crippen LogP contribution in [0.1, 0.15) is 38.8 Å². The van der Waals surface area contributed by atoms with Crippen LogP contribution in [0.15, 0.2) is 45.3 Å². The zero-order chi connectivity index (χ0) is 23.3. The first-order valence-electron chi connectivity index (χ1n) is 7.81. The SMILES string of the molecule is CCOC(=O)c1cc(Br)cc(C(F)(F)F)c1.O=C(O)c1cc(Br)cc(C(F)(F)F)c1. The second-order valence-corrected chi connectivity index (χ2v) is 7.31. The van der Waals surface area contributed by atoms with Gasteiger partial charge in [0.15, 0.2) is 0 Å². The summed E-state index contributed by atoms with van der Waals surface area (Å²) in [7, 11) is 0. The average molecular weight is 566 g/mol. The molecule has 0 radical (unpaired) electrons. The number of rotatable bonds is 3. The van der Waals surface area contributed by atoms with Crippen LogP contribution in [0.3, 0.4) is 0 Å². The number of carboxylic acids is 1. The molecule has 0 spiro atoms. The van der Waals surface area contributed by atoms with Gasteiger partial charge in [-0.15, -0.1) is 0 Å². The van der Waals surface area contributed by atoms with Crippen LogP contribution in [-0.4, -0.2) is 23.7 Å². The molecule has 4 nitrogen and oxygen atoms in total. The molecule has 2 aromatic carbocycles. The standard InChI is InChI=1S/C10H8BrF3O2.C8H4BrF3O2/c1-2-16-9(15)6-3-7(10(12,13)14)5-8(11)4-6;9-6-2-4(7(13)14)1-5(3-6)8(10,11)12/h3-5H,2H2,1H3;1-3H,(H,13,14). The van der Waals surface area contributed by atoms with E-state index in [1.54, 1.807) is 6.92 Å². The van der Waals surface area contributed by atoms with Crippen molar-refractivity contribution in [1.82, 2.24) is 0 Å². The first-order valence-corrected chi connectivity index (χ1v) is 9.39. The quantitative estimate of drug-likeness (QED) is 0.328. The van der Waals surface area contributed by atoms with E-state index >= 15 is 0 Å². The Bertz CT molecular complexity index is 926. The number of hydrogen-bond acceptors (Lipinski definition) is 3. The smallest absolute Gasteiger partial charge is 0.416 e. The van der Waals surface area contributed by atoms with Crippen molar-refractivity contribution in [3.63, 3.8) is 0 Å². The summed E-state index contributed by atoms with van der Waals surface area (Å²) in [5.74, 6) is -2.16. The molecule has 0 bridgehead atoms. The van der Waals surface area contributed by atoms with Crippen LogP contribution < -0.4 is 0 Å². The highest BCUT2D eigenvalue weighted by Gasteiger charge is 2.32. The number of benzene rings is 2. The molecule has 0 fully saturated rings. The number of alkyl halides is 6. The van der Waals surface area contributed by atoms with E-state index in [0.717, 1.165) is 24.3 Å². The molecule has 0 saturated heterocycles. The third kappa shape index (κ3) is 7.98. The van der Waals surface area contributed by atoms with Gasteiger partial charge in [0, 0.05) is 8.95 Å². The lowest BCUT2D eigenvalue weighted by Crippen LogP contribution is -2.09. The van der Waals surface area contributed by atoms with Crippen molar-refractivity contribution in [3.05, 3.63) is 67.6 Å². The molecule has 0 unspecified atom stereocenters. The Morgan fingerprint density at radius 1 is 0.833 bits per heavy atom. The van der Waals surface area contributed by atoms with Gasteiger partial charge in [-0.05, 0) is 43.3 Å². The van der Waals surface area contributed by atoms with Crippen molar-refractivity contribution in [1.29, 1.82) is 0 Å². The second-order valence-electron chi connectivity index (χ2n) is 5.48. The molecule has 0 aliphatic heterocycles. The molecule has 2 aromatic rings. The third-order valence-electron chi connectivity index (χ3n) is 3.21. The minimum Gasteiger partial charge on any atom is -0.478 e. The molecular formula is C18H12Br2F6O4. The molecule has 164 valence electrons. The zero-order valence-electron chi connectivity index (χ0n) is 14.9. The van der Waals surface area contributed by atoms with Gasteiger partial charge in [-0.2, -0.15) is 26.3 Å². The number of esters is 1. The fourth-order valence-corrected chi connectivity index (χ4v) is 2.95. The van der Waals surface area contributed by atoms with Crippen LogP contribution in [0.4, 0.5) is 26.3 Å². The van der Waals surface area contributed by atoms with E-state index < -0.39 is 41.0 Å². The topological polar surface area (TPSA) is 63.6 Å². The predicted molar refractivity (Wildman–Crippen MR) is 101 cm³/mol. The molecule has 12 heteroatoms. The summed E-state index contributed by atoms with van der Waals surface area (Å²) >= 11 is 5.73. The second kappa shape index (κ2) is 10.3. The summed E-state index contributed by atoms with van der Waals surface area (Å²) < 4.78 is 78.8. The van der Waals surface area contributed by atoms with Gasteiger partial charge < -0.3 is 9.84 Å². The van der Waals surface area contributed by atoms with E-state index in [-0.39, 0.29) is 21.1 Å². The minimum atomic E-state index is -4.53. The number of hydrogen-bond donors (Lipinski definition) is 1. The lowest BCUT2D eigenvalue weighted by molar-refractivity contribution is -0.138. The number of halogens is 8. The van der Waals surface area contributed by atoms with Gasteiger partial charge in [0.2, 0.25) is 0 Å². The van der Waals surface area contributed by atoms with Gasteiger partial charge in [0.1, 0.15) is 0 Å². The van der Waals surface area contributed by atoms with Crippen molar-refractivity contribution in [3.8, 4) is 0 Å². The molecule has 0 atom stereocenters. The third-order valence-corrected chi connectivity index (χ3v) is 4.12. The first kappa shape index (κ1) is 26.0. The van der Waals surface area contributed by atoms with Gasteiger partial charge in [-0.3, -0.25) is 0 Å². The Morgan fingerprint density at radius 2 is 1.23 bits per heavy atom. The summed E-state index contributed by atoms with van der Waals surface area (Å²) in [4.78, 5) is 21.7. The average Bonchev–Trinajstić information content (AvgIpc) is 2.60. The number of carbonyl (C=O) groups excluding carboxylic acids is 1. The molecule has 0 aliphatic rings. The lowest BCUT2D eigenvalue weighted by atomic mass is 10.1. The molecule has 0 heterocycles. The van der Waals surface area contributed by atoms with E-state index in [4.69, 9.17) is 5.11 Å². The summed E-state index contributed by atoms with van der Waals surface area (Å²) in [6.45, 7) is 1.70. The van der Waals surface area contributed by atoms with Crippen molar-refractivity contribution in [2.24, 2.45) is 0 Å². The zero-order valence-corrected chi connectivity index (χ0v) is 18.0. The number of ether oxygens (including phenoxy) is 1. The minimum absolute atomic E-state index is 0.0877.